The number of aliphatic carboxylic acids is 1. The summed E-state index contributed by atoms with van der Waals surface area (Å²) in [7, 11) is -4.28. The van der Waals surface area contributed by atoms with Crippen LogP contribution < -0.4 is 5.32 Å². The van der Waals surface area contributed by atoms with E-state index in [1.165, 1.54) is 51.4 Å². The summed E-state index contributed by atoms with van der Waals surface area (Å²) in [5, 5.41) is 11.1. The van der Waals surface area contributed by atoms with Gasteiger partial charge in [-0.1, -0.05) is 65.5 Å². The number of rotatable bonds is 17. The molecule has 45 heavy (non-hydrogen) atoms. The number of carboxylic acids is 1. The minimum absolute atomic E-state index is 0.0151. The first-order valence-electron chi connectivity index (χ1n) is 17.7. The van der Waals surface area contributed by atoms with Gasteiger partial charge in [-0.15, -0.1) is 0 Å². The third-order valence-corrected chi connectivity index (χ3v) is 13.2. The maximum Gasteiger partial charge on any atom is 0.472 e. The van der Waals surface area contributed by atoms with Crippen LogP contribution in [0.4, 0.5) is 0 Å². The summed E-state index contributed by atoms with van der Waals surface area (Å²) in [5.74, 6) is 3.39. The van der Waals surface area contributed by atoms with E-state index >= 15 is 0 Å². The maximum atomic E-state index is 12.2. The number of allylic oxidation sites excluding steroid dienone is 1. The van der Waals surface area contributed by atoms with Crippen LogP contribution in [0.1, 0.15) is 118 Å². The second-order valence-electron chi connectivity index (χ2n) is 15.4. The average Bonchev–Trinajstić information content (AvgIpc) is 3.33. The van der Waals surface area contributed by atoms with Crippen molar-refractivity contribution in [2.45, 2.75) is 124 Å². The van der Waals surface area contributed by atoms with E-state index in [0.717, 1.165) is 54.8 Å². The molecule has 10 heteroatoms. The molecule has 0 aromatic carbocycles. The summed E-state index contributed by atoms with van der Waals surface area (Å²) < 4.78 is 28.3. The number of nitrogens with one attached hydrogen (secondary N) is 1. The zero-order chi connectivity index (χ0) is 32.8. The average molecular weight is 654 g/mol. The topological polar surface area (TPSA) is 131 Å². The van der Waals surface area contributed by atoms with E-state index in [1.807, 2.05) is 0 Å². The van der Waals surface area contributed by atoms with Crippen LogP contribution in [-0.2, 0) is 27.9 Å². The SMILES string of the molecule is CC(C)CCC[C@@H](C)[C@H]1CCC2C3CC=C4C[C@@H](OCCOP(=O)(O)OCCNC(=O)CCC(=O)O)CC[C@]4(C)C3CC[C@@]21C. The van der Waals surface area contributed by atoms with Crippen LogP contribution in [0, 0.1) is 46.3 Å². The van der Waals surface area contributed by atoms with Gasteiger partial charge in [-0.05, 0) is 97.7 Å². The van der Waals surface area contributed by atoms with Gasteiger partial charge in [0.2, 0.25) is 5.91 Å². The third kappa shape index (κ3) is 9.22. The van der Waals surface area contributed by atoms with Crippen molar-refractivity contribution in [1.82, 2.24) is 5.32 Å². The van der Waals surface area contributed by atoms with Crippen molar-refractivity contribution < 1.29 is 37.9 Å². The first-order chi connectivity index (χ1) is 21.2. The van der Waals surface area contributed by atoms with E-state index in [9.17, 15) is 19.0 Å². The zero-order valence-corrected chi connectivity index (χ0v) is 29.3. The number of ether oxygens (including phenoxy) is 1. The Kier molecular flexibility index (Phi) is 12.8. The van der Waals surface area contributed by atoms with Crippen molar-refractivity contribution in [1.29, 1.82) is 0 Å². The second kappa shape index (κ2) is 15.8. The Hall–Kier alpha value is -1.25. The number of phosphoric acid groups is 1. The smallest absolute Gasteiger partial charge is 0.472 e. The lowest BCUT2D eigenvalue weighted by molar-refractivity contribution is -0.138. The van der Waals surface area contributed by atoms with Crippen molar-refractivity contribution in [3.63, 3.8) is 0 Å². The summed E-state index contributed by atoms with van der Waals surface area (Å²) >= 11 is 0. The van der Waals surface area contributed by atoms with Crippen molar-refractivity contribution in [3.8, 4) is 0 Å². The molecule has 3 saturated carbocycles. The van der Waals surface area contributed by atoms with Gasteiger partial charge >= 0.3 is 13.8 Å². The predicted octanol–water partition coefficient (Wildman–Crippen LogP) is 7.53. The zero-order valence-electron chi connectivity index (χ0n) is 28.4. The first kappa shape index (κ1) is 36.6. The molecule has 3 N–H and O–H groups in total. The van der Waals surface area contributed by atoms with E-state index < -0.39 is 19.7 Å². The Morgan fingerprint density at radius 3 is 2.49 bits per heavy atom. The molecule has 0 aromatic rings. The minimum atomic E-state index is -4.28. The maximum absolute atomic E-state index is 12.2. The van der Waals surface area contributed by atoms with Gasteiger partial charge in [0, 0.05) is 13.0 Å². The van der Waals surface area contributed by atoms with Gasteiger partial charge in [0.1, 0.15) is 0 Å². The number of carboxylic acid groups (broad SMARTS) is 1. The highest BCUT2D eigenvalue weighted by molar-refractivity contribution is 7.47. The minimum Gasteiger partial charge on any atom is -0.481 e. The Morgan fingerprint density at radius 2 is 1.76 bits per heavy atom. The molecule has 258 valence electrons. The molecule has 4 rings (SSSR count). The lowest BCUT2D eigenvalue weighted by Gasteiger charge is -2.58. The molecule has 0 aliphatic heterocycles. The van der Waals surface area contributed by atoms with Crippen LogP contribution in [0.2, 0.25) is 0 Å². The summed E-state index contributed by atoms with van der Waals surface area (Å²) in [6.07, 6.45) is 16.1. The fourth-order valence-electron chi connectivity index (χ4n) is 9.86. The molecule has 9 atom stereocenters. The fourth-order valence-corrected chi connectivity index (χ4v) is 10.6. The highest BCUT2D eigenvalue weighted by Gasteiger charge is 2.59. The lowest BCUT2D eigenvalue weighted by Crippen LogP contribution is -2.51. The van der Waals surface area contributed by atoms with Gasteiger partial charge in [-0.2, -0.15) is 0 Å². The second-order valence-corrected chi connectivity index (χ2v) is 16.9. The standard InChI is InChI=1S/C35H60NO8P/c1-24(2)7-6-8-25(3)29-11-12-30-28-10-9-26-23-27(15-17-34(26,4)31(28)16-18-35(29,30)5)42-21-22-44-45(40,41)43-20-19-36-32(37)13-14-33(38)39/h9,24-25,27-31H,6-8,10-23H2,1-5H3,(H,36,37)(H,38,39)(H,40,41)/t25-,27+,28?,29-,30?,31?,34+,35-/m1/s1. The van der Waals surface area contributed by atoms with E-state index in [0.29, 0.717) is 5.41 Å². The molecule has 9 nitrogen and oxygen atoms in total. The van der Waals surface area contributed by atoms with Crippen LogP contribution in [0.5, 0.6) is 0 Å². The Bertz CT molecular complexity index is 1100. The lowest BCUT2D eigenvalue weighted by atomic mass is 9.47. The van der Waals surface area contributed by atoms with Crippen molar-refractivity contribution in [3.05, 3.63) is 11.6 Å². The van der Waals surface area contributed by atoms with Gasteiger partial charge < -0.3 is 20.1 Å². The number of carbonyl (C=O) groups excluding carboxylic acids is 1. The van der Waals surface area contributed by atoms with Crippen LogP contribution in [-0.4, -0.2) is 54.3 Å². The quantitative estimate of drug-likeness (QED) is 0.0834. The number of hydrogen-bond donors (Lipinski definition) is 3. The molecule has 4 unspecified atom stereocenters. The molecule has 0 radical (unpaired) electrons. The molecule has 0 aromatic heterocycles. The van der Waals surface area contributed by atoms with Crippen LogP contribution in [0.15, 0.2) is 11.6 Å². The number of hydrogen-bond acceptors (Lipinski definition) is 6. The van der Waals surface area contributed by atoms with E-state index in [4.69, 9.17) is 18.9 Å². The number of fused-ring (bicyclic) bond motifs is 5. The van der Waals surface area contributed by atoms with E-state index in [1.54, 1.807) is 5.57 Å². The third-order valence-electron chi connectivity index (χ3n) is 12.2. The largest absolute Gasteiger partial charge is 0.481 e. The molecule has 0 saturated heterocycles. The molecule has 3 fully saturated rings. The molecule has 4 aliphatic rings. The van der Waals surface area contributed by atoms with Gasteiger partial charge in [0.15, 0.2) is 0 Å². The van der Waals surface area contributed by atoms with E-state index in [2.05, 4.69) is 46.0 Å². The van der Waals surface area contributed by atoms with Crippen LogP contribution >= 0.6 is 7.82 Å². The summed E-state index contributed by atoms with van der Waals surface area (Å²) in [6.45, 7) is 12.3. The number of amides is 1. The van der Waals surface area contributed by atoms with Crippen molar-refractivity contribution in [2.24, 2.45) is 46.3 Å². The van der Waals surface area contributed by atoms with Gasteiger partial charge in [0.05, 0.1) is 32.3 Å². The van der Waals surface area contributed by atoms with Gasteiger partial charge in [-0.25, -0.2) is 4.57 Å². The Balaban J connectivity index is 1.20. The molecular formula is C35H60NO8P. The monoisotopic (exact) mass is 653 g/mol. The van der Waals surface area contributed by atoms with E-state index in [-0.39, 0.29) is 50.7 Å². The Morgan fingerprint density at radius 1 is 1.00 bits per heavy atom. The molecule has 1 amide bonds. The van der Waals surface area contributed by atoms with Crippen molar-refractivity contribution >= 4 is 19.7 Å². The molecule has 4 aliphatic carbocycles. The van der Waals surface area contributed by atoms with Gasteiger partial charge in [-0.3, -0.25) is 18.6 Å². The van der Waals surface area contributed by atoms with Gasteiger partial charge in [0.25, 0.3) is 0 Å². The molecule has 0 spiro atoms. The molecule has 0 bridgehead atoms. The number of carbonyl (C=O) groups is 2. The van der Waals surface area contributed by atoms with Crippen molar-refractivity contribution in [2.75, 3.05) is 26.4 Å². The molecular weight excluding hydrogens is 593 g/mol. The Labute approximate surface area is 271 Å². The highest BCUT2D eigenvalue weighted by atomic mass is 31.2. The summed E-state index contributed by atoms with van der Waals surface area (Å²) in [6, 6.07) is 0. The predicted molar refractivity (Wildman–Crippen MR) is 174 cm³/mol. The summed E-state index contributed by atoms with van der Waals surface area (Å²) in [4.78, 5) is 32.0. The number of phosphoric ester groups is 1. The molecule has 0 heterocycles. The fraction of sp³-hybridized carbons (Fsp3) is 0.886. The highest BCUT2D eigenvalue weighted by Crippen LogP contribution is 2.67. The van der Waals surface area contributed by atoms with Crippen LogP contribution in [0.25, 0.3) is 0 Å². The van der Waals surface area contributed by atoms with Crippen LogP contribution in [0.3, 0.4) is 0 Å². The first-order valence-corrected chi connectivity index (χ1v) is 19.2. The summed E-state index contributed by atoms with van der Waals surface area (Å²) in [5.41, 5.74) is 2.30. The normalized spacial score (nSPS) is 34.6.